The van der Waals surface area contributed by atoms with Gasteiger partial charge < -0.3 is 14.5 Å². The Balaban J connectivity index is 1.10. The van der Waals surface area contributed by atoms with Crippen molar-refractivity contribution in [1.29, 1.82) is 0 Å². The van der Waals surface area contributed by atoms with Crippen molar-refractivity contribution in [2.24, 2.45) is 7.05 Å². The highest BCUT2D eigenvalue weighted by molar-refractivity contribution is 6.03. The van der Waals surface area contributed by atoms with E-state index in [-0.39, 0.29) is 36.7 Å². The number of piperidine rings is 1. The summed E-state index contributed by atoms with van der Waals surface area (Å²) >= 11 is 0. The largest absolute Gasteiger partial charge is 0.481 e. The van der Waals surface area contributed by atoms with Crippen LogP contribution < -0.4 is 10.1 Å². The average molecular weight is 534 g/mol. The third-order valence-corrected chi connectivity index (χ3v) is 7.21. The molecule has 2 saturated heterocycles. The lowest BCUT2D eigenvalue weighted by Crippen LogP contribution is -2.51. The van der Waals surface area contributed by atoms with Crippen molar-refractivity contribution < 1.29 is 23.9 Å². The lowest BCUT2D eigenvalue weighted by atomic mass is 9.93. The fraction of sp³-hybridized carbons (Fsp3) is 0.400. The van der Waals surface area contributed by atoms with E-state index >= 15 is 0 Å². The third-order valence-electron chi connectivity index (χ3n) is 7.21. The number of imide groups is 1. The number of para-hydroxylation sites is 1. The van der Waals surface area contributed by atoms with Crippen molar-refractivity contribution in [3.8, 4) is 5.75 Å². The van der Waals surface area contributed by atoms with E-state index in [0.717, 1.165) is 5.39 Å². The fourth-order valence-corrected chi connectivity index (χ4v) is 5.24. The van der Waals surface area contributed by atoms with Gasteiger partial charge in [-0.1, -0.05) is 12.1 Å². The number of piperazine rings is 1. The molecule has 2 aliphatic heterocycles. The number of aryl methyl sites for hydroxylation is 2. The fourth-order valence-electron chi connectivity index (χ4n) is 5.24. The van der Waals surface area contributed by atoms with E-state index < -0.39 is 5.92 Å². The molecule has 0 spiro atoms. The van der Waals surface area contributed by atoms with Gasteiger partial charge in [0.1, 0.15) is 22.7 Å². The topological polar surface area (TPSA) is 160 Å². The molecule has 1 aromatic carbocycles. The Hall–Kier alpha value is -4.75. The highest BCUT2D eigenvalue weighted by Gasteiger charge is 2.32. The van der Waals surface area contributed by atoms with Crippen LogP contribution in [0.25, 0.3) is 16.6 Å². The van der Waals surface area contributed by atoms with E-state index in [9.17, 15) is 19.2 Å². The molecule has 14 nitrogen and oxygen atoms in total. The van der Waals surface area contributed by atoms with E-state index in [2.05, 4.69) is 25.6 Å². The quantitative estimate of drug-likeness (QED) is 0.343. The summed E-state index contributed by atoms with van der Waals surface area (Å²) in [6.07, 6.45) is 2.15. The second kappa shape index (κ2) is 9.53. The van der Waals surface area contributed by atoms with Crippen LogP contribution in [-0.4, -0.2) is 95.8 Å². The Kier molecular flexibility index (Phi) is 6.00. The molecule has 0 saturated carbocycles. The second-order valence-electron chi connectivity index (χ2n) is 9.73. The summed E-state index contributed by atoms with van der Waals surface area (Å²) in [6, 6.07) is 5.40. The van der Waals surface area contributed by atoms with Crippen molar-refractivity contribution in [2.75, 3.05) is 32.8 Å². The first kappa shape index (κ1) is 24.6. The zero-order valence-corrected chi connectivity index (χ0v) is 21.5. The molecule has 0 bridgehead atoms. The number of hydrogen-bond donors (Lipinski definition) is 2. The monoisotopic (exact) mass is 533 g/mol. The summed E-state index contributed by atoms with van der Waals surface area (Å²) in [5, 5.41) is 14.8. The van der Waals surface area contributed by atoms with Gasteiger partial charge in [-0.25, -0.2) is 4.98 Å². The van der Waals surface area contributed by atoms with Crippen molar-refractivity contribution in [2.45, 2.75) is 25.7 Å². The van der Waals surface area contributed by atoms with Gasteiger partial charge in [-0.2, -0.15) is 14.8 Å². The van der Waals surface area contributed by atoms with Gasteiger partial charge in [0.25, 0.3) is 11.8 Å². The lowest BCUT2D eigenvalue weighted by Gasteiger charge is -2.34. The van der Waals surface area contributed by atoms with Gasteiger partial charge in [0.05, 0.1) is 17.8 Å². The van der Waals surface area contributed by atoms with Gasteiger partial charge in [-0.3, -0.25) is 34.3 Å². The molecule has 1 atom stereocenters. The van der Waals surface area contributed by atoms with Crippen LogP contribution in [0.15, 0.2) is 24.4 Å². The molecule has 2 aliphatic rings. The molecule has 6 rings (SSSR count). The molecule has 0 radical (unpaired) electrons. The number of carbonyl (C=O) groups is 4. The Labute approximate surface area is 221 Å². The Bertz CT molecular complexity index is 1630. The normalized spacial score (nSPS) is 18.2. The molecule has 39 heavy (non-hydrogen) atoms. The first-order valence-electron chi connectivity index (χ1n) is 12.7. The zero-order valence-electron chi connectivity index (χ0n) is 21.5. The van der Waals surface area contributed by atoms with Crippen LogP contribution in [0.4, 0.5) is 0 Å². The van der Waals surface area contributed by atoms with Gasteiger partial charge in [0.2, 0.25) is 11.8 Å². The number of hydrogen-bond acceptors (Lipinski definition) is 8. The van der Waals surface area contributed by atoms with Crippen LogP contribution >= 0.6 is 0 Å². The van der Waals surface area contributed by atoms with Crippen LogP contribution in [0, 0.1) is 6.92 Å². The number of benzene rings is 1. The summed E-state index contributed by atoms with van der Waals surface area (Å²) < 4.78 is 9.03. The number of aromatic nitrogens is 6. The SMILES string of the molecule is Cc1nc2c(C(=O)N3CCN(C(=O)COc4cccc5c(C6CCC(=O)NC6=O)nn(C)c45)CC3)cnn2[nH]1. The number of aromatic amines is 1. The van der Waals surface area contributed by atoms with Crippen LogP contribution in [-0.2, 0) is 21.4 Å². The molecule has 14 heteroatoms. The maximum atomic E-state index is 13.0. The van der Waals surface area contributed by atoms with E-state index in [1.54, 1.807) is 40.6 Å². The van der Waals surface area contributed by atoms with Crippen molar-refractivity contribution in [1.82, 2.24) is 44.7 Å². The summed E-state index contributed by atoms with van der Waals surface area (Å²) in [5.74, 6) is -0.395. The molecule has 3 aromatic heterocycles. The van der Waals surface area contributed by atoms with Gasteiger partial charge in [0.15, 0.2) is 12.3 Å². The van der Waals surface area contributed by atoms with E-state index in [4.69, 9.17) is 4.74 Å². The molecule has 5 heterocycles. The van der Waals surface area contributed by atoms with Crippen LogP contribution in [0.3, 0.4) is 0 Å². The van der Waals surface area contributed by atoms with E-state index in [1.165, 1.54) is 10.8 Å². The standard InChI is InChI=1S/C25H27N9O5/c1-14-27-23-17(12-26-34(23)29-14)25(38)33-10-8-32(9-11-33)20(36)13-39-18-5-3-4-15-21(30-31(2)22(15)18)16-6-7-19(35)28-24(16)37/h3-5,12,16H,6-11,13H2,1-2H3,(H,27,29)(H,28,35,37). The summed E-state index contributed by atoms with van der Waals surface area (Å²) in [6.45, 7) is 3.15. The summed E-state index contributed by atoms with van der Waals surface area (Å²) in [7, 11) is 1.75. The molecular formula is C25H27N9O5. The molecule has 0 aliphatic carbocycles. The number of fused-ring (bicyclic) bond motifs is 2. The maximum Gasteiger partial charge on any atom is 0.260 e. The Morgan fingerprint density at radius 2 is 1.90 bits per heavy atom. The van der Waals surface area contributed by atoms with Crippen LogP contribution in [0.1, 0.15) is 40.6 Å². The number of nitrogens with zero attached hydrogens (tertiary/aromatic N) is 7. The number of H-pyrrole nitrogens is 1. The predicted molar refractivity (Wildman–Crippen MR) is 136 cm³/mol. The number of nitrogens with one attached hydrogen (secondary N) is 2. The smallest absolute Gasteiger partial charge is 0.260 e. The number of rotatable bonds is 5. The Morgan fingerprint density at radius 3 is 2.67 bits per heavy atom. The van der Waals surface area contributed by atoms with Gasteiger partial charge in [-0.05, 0) is 19.4 Å². The molecule has 202 valence electrons. The molecule has 4 amide bonds. The average Bonchev–Trinajstić information content (AvgIpc) is 3.59. The van der Waals surface area contributed by atoms with E-state index in [0.29, 0.717) is 66.6 Å². The number of amides is 4. The minimum Gasteiger partial charge on any atom is -0.481 e. The molecule has 4 aromatic rings. The molecule has 1 unspecified atom stereocenters. The minimum atomic E-state index is -0.529. The van der Waals surface area contributed by atoms with Gasteiger partial charge >= 0.3 is 0 Å². The highest BCUT2D eigenvalue weighted by Crippen LogP contribution is 2.34. The maximum absolute atomic E-state index is 13.0. The summed E-state index contributed by atoms with van der Waals surface area (Å²) in [4.78, 5) is 57.7. The van der Waals surface area contributed by atoms with E-state index in [1.807, 2.05) is 6.07 Å². The Morgan fingerprint density at radius 1 is 1.13 bits per heavy atom. The first-order chi connectivity index (χ1) is 18.8. The lowest BCUT2D eigenvalue weighted by molar-refractivity contribution is -0.135. The molecule has 2 fully saturated rings. The van der Waals surface area contributed by atoms with Crippen LogP contribution in [0.2, 0.25) is 0 Å². The minimum absolute atomic E-state index is 0.172. The number of ether oxygens (including phenoxy) is 1. The van der Waals surface area contributed by atoms with Crippen molar-refractivity contribution in [3.63, 3.8) is 0 Å². The second-order valence-corrected chi connectivity index (χ2v) is 9.73. The van der Waals surface area contributed by atoms with Crippen LogP contribution in [0.5, 0.6) is 5.75 Å². The van der Waals surface area contributed by atoms with Gasteiger partial charge in [0, 0.05) is 45.0 Å². The summed E-state index contributed by atoms with van der Waals surface area (Å²) in [5.41, 5.74) is 2.15. The van der Waals surface area contributed by atoms with Crippen molar-refractivity contribution >= 4 is 40.2 Å². The van der Waals surface area contributed by atoms with Crippen molar-refractivity contribution in [3.05, 3.63) is 41.5 Å². The highest BCUT2D eigenvalue weighted by atomic mass is 16.5. The van der Waals surface area contributed by atoms with Gasteiger partial charge in [-0.15, -0.1) is 0 Å². The first-order valence-corrected chi connectivity index (χ1v) is 12.7. The molecule has 2 N–H and O–H groups in total. The predicted octanol–water partition coefficient (Wildman–Crippen LogP) is 0.136. The number of carbonyl (C=O) groups excluding carboxylic acids is 4. The zero-order chi connectivity index (χ0) is 27.3. The third kappa shape index (κ3) is 4.36. The molecular weight excluding hydrogens is 506 g/mol.